The molecule has 15 heavy (non-hydrogen) atoms. The Morgan fingerprint density at radius 3 is 2.20 bits per heavy atom. The molecular weight excluding hydrogens is 214 g/mol. The van der Waals surface area contributed by atoms with Crippen LogP contribution in [0.3, 0.4) is 0 Å². The lowest BCUT2D eigenvalue weighted by Crippen LogP contribution is -2.16. The van der Waals surface area contributed by atoms with E-state index < -0.39 is 10.0 Å². The molecule has 0 aliphatic rings. The third-order valence-electron chi connectivity index (χ3n) is 2.11. The lowest BCUT2D eigenvalue weighted by molar-refractivity contribution is 0.127. The zero-order valence-electron chi connectivity index (χ0n) is 9.57. The fraction of sp³-hybridized carbons (Fsp3) is 1.00. The molecule has 0 atom stereocenters. The Kier molecular flexibility index (Phi) is 9.04. The molecular formula is C10H23NO3S. The van der Waals surface area contributed by atoms with Crippen molar-refractivity contribution < 1.29 is 13.2 Å². The molecule has 92 valence electrons. The average molecular weight is 237 g/mol. The van der Waals surface area contributed by atoms with Gasteiger partial charge in [-0.2, -0.15) is 0 Å². The van der Waals surface area contributed by atoms with Crippen molar-refractivity contribution in [2.24, 2.45) is 5.14 Å². The van der Waals surface area contributed by atoms with Crippen molar-refractivity contribution in [2.75, 3.05) is 19.0 Å². The smallest absolute Gasteiger partial charge is 0.209 e. The van der Waals surface area contributed by atoms with Gasteiger partial charge in [0.15, 0.2) is 0 Å². The monoisotopic (exact) mass is 237 g/mol. The normalized spacial score (nSPS) is 11.9. The molecule has 0 aromatic heterocycles. The first-order valence-electron chi connectivity index (χ1n) is 5.64. The van der Waals surface area contributed by atoms with Crippen molar-refractivity contribution >= 4 is 10.0 Å². The van der Waals surface area contributed by atoms with Crippen molar-refractivity contribution in [1.29, 1.82) is 0 Å². The minimum absolute atomic E-state index is 0.101. The molecule has 4 nitrogen and oxygen atoms in total. The Morgan fingerprint density at radius 2 is 1.60 bits per heavy atom. The van der Waals surface area contributed by atoms with Crippen LogP contribution >= 0.6 is 0 Å². The second-order valence-corrected chi connectivity index (χ2v) is 5.48. The molecule has 0 radical (unpaired) electrons. The summed E-state index contributed by atoms with van der Waals surface area (Å²) < 4.78 is 26.6. The number of hydrogen-bond acceptors (Lipinski definition) is 3. The van der Waals surface area contributed by atoms with E-state index in [1.807, 2.05) is 0 Å². The second-order valence-electron chi connectivity index (χ2n) is 3.75. The highest BCUT2D eigenvalue weighted by atomic mass is 32.2. The number of hydrogen-bond donors (Lipinski definition) is 1. The maximum Gasteiger partial charge on any atom is 0.209 e. The summed E-state index contributed by atoms with van der Waals surface area (Å²) >= 11 is 0. The van der Waals surface area contributed by atoms with Gasteiger partial charge in [-0.15, -0.1) is 0 Å². The van der Waals surface area contributed by atoms with Crippen molar-refractivity contribution in [2.45, 2.75) is 45.4 Å². The van der Waals surface area contributed by atoms with E-state index in [9.17, 15) is 8.42 Å². The lowest BCUT2D eigenvalue weighted by atomic mass is 10.2. The molecule has 0 bridgehead atoms. The minimum atomic E-state index is -3.26. The summed E-state index contributed by atoms with van der Waals surface area (Å²) in [7, 11) is -3.26. The van der Waals surface area contributed by atoms with Gasteiger partial charge in [0, 0.05) is 13.2 Å². The summed E-state index contributed by atoms with van der Waals surface area (Å²) in [6.07, 6.45) is 5.87. The molecule has 5 heteroatoms. The van der Waals surface area contributed by atoms with Crippen molar-refractivity contribution in [3.63, 3.8) is 0 Å². The van der Waals surface area contributed by atoms with E-state index in [-0.39, 0.29) is 5.75 Å². The van der Waals surface area contributed by atoms with Gasteiger partial charge in [0.1, 0.15) is 0 Å². The predicted molar refractivity (Wildman–Crippen MR) is 62.2 cm³/mol. The van der Waals surface area contributed by atoms with Gasteiger partial charge >= 0.3 is 0 Å². The van der Waals surface area contributed by atoms with Crippen LogP contribution in [0.5, 0.6) is 0 Å². The summed E-state index contributed by atoms with van der Waals surface area (Å²) in [4.78, 5) is 0. The molecule has 0 aliphatic carbocycles. The van der Waals surface area contributed by atoms with Gasteiger partial charge in [0.05, 0.1) is 5.75 Å². The maximum atomic E-state index is 10.6. The highest BCUT2D eigenvalue weighted by Crippen LogP contribution is 2.01. The van der Waals surface area contributed by atoms with E-state index in [1.54, 1.807) is 0 Å². The molecule has 0 amide bonds. The number of primary sulfonamides is 1. The highest BCUT2D eigenvalue weighted by Gasteiger charge is 2.00. The molecule has 0 heterocycles. The molecule has 0 aromatic carbocycles. The summed E-state index contributed by atoms with van der Waals surface area (Å²) in [5.41, 5.74) is 0. The maximum absolute atomic E-state index is 10.6. The van der Waals surface area contributed by atoms with E-state index >= 15 is 0 Å². The lowest BCUT2D eigenvalue weighted by Gasteiger charge is -2.03. The first-order chi connectivity index (χ1) is 7.06. The zero-order chi connectivity index (χ0) is 11.6. The van der Waals surface area contributed by atoms with E-state index in [1.165, 1.54) is 0 Å². The van der Waals surface area contributed by atoms with Gasteiger partial charge in [0.2, 0.25) is 10.0 Å². The second kappa shape index (κ2) is 9.12. The van der Waals surface area contributed by atoms with Gasteiger partial charge in [-0.3, -0.25) is 0 Å². The molecule has 0 saturated carbocycles. The Labute approximate surface area is 93.2 Å². The Bertz CT molecular complexity index is 227. The minimum Gasteiger partial charge on any atom is -0.381 e. The summed E-state index contributed by atoms with van der Waals surface area (Å²) in [6, 6.07) is 0. The van der Waals surface area contributed by atoms with E-state index in [0.717, 1.165) is 45.3 Å². The number of unbranched alkanes of at least 4 members (excludes halogenated alkanes) is 4. The molecule has 0 saturated heterocycles. The zero-order valence-corrected chi connectivity index (χ0v) is 10.4. The first kappa shape index (κ1) is 14.9. The van der Waals surface area contributed by atoms with Crippen molar-refractivity contribution in [1.82, 2.24) is 0 Å². The molecule has 0 unspecified atom stereocenters. The standard InChI is InChI=1S/C10H23NO3S/c1-2-3-8-14-9-6-4-5-7-10-15(11,12)13/h2-10H2,1H3,(H2,11,12,13). The predicted octanol–water partition coefficient (Wildman–Crippen LogP) is 1.65. The third kappa shape index (κ3) is 13.9. The fourth-order valence-corrected chi connectivity index (χ4v) is 1.82. The largest absolute Gasteiger partial charge is 0.381 e. The van der Waals surface area contributed by atoms with Crippen molar-refractivity contribution in [3.8, 4) is 0 Å². The summed E-state index contributed by atoms with van der Waals surface area (Å²) in [5.74, 6) is 0.101. The van der Waals surface area contributed by atoms with Crippen LogP contribution in [0, 0.1) is 0 Å². The van der Waals surface area contributed by atoms with Gasteiger partial charge < -0.3 is 4.74 Å². The molecule has 0 rings (SSSR count). The van der Waals surface area contributed by atoms with Crippen LogP contribution in [0.25, 0.3) is 0 Å². The Hall–Kier alpha value is -0.130. The van der Waals surface area contributed by atoms with E-state index in [2.05, 4.69) is 6.92 Å². The van der Waals surface area contributed by atoms with Crippen LogP contribution in [0.1, 0.15) is 45.4 Å². The van der Waals surface area contributed by atoms with Crippen LogP contribution in [-0.4, -0.2) is 27.4 Å². The van der Waals surface area contributed by atoms with E-state index in [4.69, 9.17) is 9.88 Å². The quantitative estimate of drug-likeness (QED) is 0.587. The van der Waals surface area contributed by atoms with Crippen LogP contribution in [-0.2, 0) is 14.8 Å². The molecule has 2 N–H and O–H groups in total. The third-order valence-corrected chi connectivity index (χ3v) is 2.97. The van der Waals surface area contributed by atoms with Crippen LogP contribution in [0.4, 0.5) is 0 Å². The Balaban J connectivity index is 3.06. The molecule has 0 aliphatic heterocycles. The molecule has 0 fully saturated rings. The van der Waals surface area contributed by atoms with Gasteiger partial charge in [-0.1, -0.05) is 26.2 Å². The average Bonchev–Trinajstić information content (AvgIpc) is 2.14. The Morgan fingerprint density at radius 1 is 1.00 bits per heavy atom. The summed E-state index contributed by atoms with van der Waals surface area (Å²) in [5, 5.41) is 4.88. The fourth-order valence-electron chi connectivity index (χ4n) is 1.21. The van der Waals surface area contributed by atoms with Gasteiger partial charge in [0.25, 0.3) is 0 Å². The topological polar surface area (TPSA) is 69.4 Å². The first-order valence-corrected chi connectivity index (χ1v) is 7.36. The van der Waals surface area contributed by atoms with Gasteiger partial charge in [-0.05, 0) is 19.3 Å². The number of nitrogens with two attached hydrogens (primary N) is 1. The molecule has 0 aromatic rings. The molecule has 0 spiro atoms. The number of ether oxygens (including phenoxy) is 1. The summed E-state index contributed by atoms with van der Waals surface area (Å²) in [6.45, 7) is 3.76. The number of rotatable bonds is 10. The SMILES string of the molecule is CCCCOCCCCCCS(N)(=O)=O. The van der Waals surface area contributed by atoms with E-state index in [0.29, 0.717) is 6.42 Å². The highest BCUT2D eigenvalue weighted by molar-refractivity contribution is 7.89. The van der Waals surface area contributed by atoms with Crippen LogP contribution in [0.2, 0.25) is 0 Å². The number of sulfonamides is 1. The van der Waals surface area contributed by atoms with Crippen molar-refractivity contribution in [3.05, 3.63) is 0 Å². The van der Waals surface area contributed by atoms with Gasteiger partial charge in [-0.25, -0.2) is 13.6 Å². The van der Waals surface area contributed by atoms with Crippen LogP contribution < -0.4 is 5.14 Å². The van der Waals surface area contributed by atoms with Crippen LogP contribution in [0.15, 0.2) is 0 Å².